The molecule has 23 heavy (non-hydrogen) atoms. The van der Waals surface area contributed by atoms with Crippen molar-refractivity contribution in [2.24, 2.45) is 0 Å². The van der Waals surface area contributed by atoms with Crippen LogP contribution in [0.5, 0.6) is 0 Å². The van der Waals surface area contributed by atoms with Gasteiger partial charge in [-0.25, -0.2) is 19.2 Å². The fourth-order valence-corrected chi connectivity index (χ4v) is 2.59. The van der Waals surface area contributed by atoms with Crippen LogP contribution in [0.4, 0.5) is 4.39 Å². The van der Waals surface area contributed by atoms with E-state index >= 15 is 0 Å². The van der Waals surface area contributed by atoms with Crippen molar-refractivity contribution < 1.29 is 18.3 Å². The van der Waals surface area contributed by atoms with Crippen molar-refractivity contribution in [2.75, 3.05) is 7.11 Å². The number of hydrogen-bond acceptors (Lipinski definition) is 6. The van der Waals surface area contributed by atoms with Crippen LogP contribution >= 0.6 is 11.8 Å². The fourth-order valence-electron chi connectivity index (χ4n) is 1.86. The van der Waals surface area contributed by atoms with Crippen molar-refractivity contribution >= 4 is 17.7 Å². The first kappa shape index (κ1) is 15.3. The third-order valence-corrected chi connectivity index (χ3v) is 3.86. The van der Waals surface area contributed by atoms with Gasteiger partial charge >= 0.3 is 5.97 Å². The van der Waals surface area contributed by atoms with Crippen molar-refractivity contribution in [3.63, 3.8) is 0 Å². The predicted octanol–water partition coefficient (Wildman–Crippen LogP) is 3.28. The Morgan fingerprint density at radius 3 is 3.13 bits per heavy atom. The van der Waals surface area contributed by atoms with Gasteiger partial charge in [0.2, 0.25) is 5.89 Å². The van der Waals surface area contributed by atoms with Crippen LogP contribution in [0, 0.1) is 5.82 Å². The number of rotatable bonds is 5. The van der Waals surface area contributed by atoms with Gasteiger partial charge in [-0.1, -0.05) is 17.8 Å². The van der Waals surface area contributed by atoms with Gasteiger partial charge < -0.3 is 14.1 Å². The number of nitrogens with one attached hydrogen (secondary N) is 1. The molecule has 3 rings (SSSR count). The molecule has 0 atom stereocenters. The minimum atomic E-state index is -0.473. The molecule has 0 bridgehead atoms. The fraction of sp³-hybridized carbons (Fsp3) is 0.133. The molecule has 8 heteroatoms. The number of aromatic amines is 1. The van der Waals surface area contributed by atoms with Crippen molar-refractivity contribution in [1.29, 1.82) is 0 Å². The summed E-state index contributed by atoms with van der Waals surface area (Å²) in [6, 6.07) is 6.04. The molecule has 0 radical (unpaired) electrons. The third kappa shape index (κ3) is 3.59. The van der Waals surface area contributed by atoms with E-state index in [4.69, 9.17) is 4.42 Å². The Hall–Kier alpha value is -2.61. The summed E-state index contributed by atoms with van der Waals surface area (Å²) in [6.07, 6.45) is 2.92. The first-order valence-electron chi connectivity index (χ1n) is 6.62. The highest BCUT2D eigenvalue weighted by molar-refractivity contribution is 7.98. The average Bonchev–Trinajstić information content (AvgIpc) is 3.21. The number of carbonyl (C=O) groups excluding carboxylic acids is 1. The van der Waals surface area contributed by atoms with E-state index in [1.807, 2.05) is 0 Å². The lowest BCUT2D eigenvalue weighted by Gasteiger charge is -1.95. The number of esters is 1. The van der Waals surface area contributed by atoms with E-state index in [1.165, 1.54) is 43.5 Å². The smallest absolute Gasteiger partial charge is 0.356 e. The lowest BCUT2D eigenvalue weighted by Crippen LogP contribution is -2.00. The van der Waals surface area contributed by atoms with Gasteiger partial charge in [-0.2, -0.15) is 0 Å². The number of methoxy groups -OCH3 is 1. The van der Waals surface area contributed by atoms with E-state index in [0.29, 0.717) is 28.1 Å². The number of aromatic nitrogens is 3. The molecule has 0 unspecified atom stereocenters. The van der Waals surface area contributed by atoms with Crippen LogP contribution in [-0.4, -0.2) is 28.0 Å². The highest BCUT2D eigenvalue weighted by Gasteiger charge is 2.11. The van der Waals surface area contributed by atoms with Gasteiger partial charge in [-0.05, 0) is 18.2 Å². The molecule has 1 aromatic carbocycles. The van der Waals surface area contributed by atoms with Crippen LogP contribution < -0.4 is 0 Å². The summed E-state index contributed by atoms with van der Waals surface area (Å²) >= 11 is 1.36. The molecule has 6 nitrogen and oxygen atoms in total. The van der Waals surface area contributed by atoms with Gasteiger partial charge in [0.15, 0.2) is 5.16 Å². The molecule has 1 N–H and O–H groups in total. The Balaban J connectivity index is 1.65. The summed E-state index contributed by atoms with van der Waals surface area (Å²) in [7, 11) is 1.30. The van der Waals surface area contributed by atoms with Gasteiger partial charge in [-0.15, -0.1) is 0 Å². The highest BCUT2D eigenvalue weighted by atomic mass is 32.2. The third-order valence-electron chi connectivity index (χ3n) is 2.94. The molecule has 2 heterocycles. The van der Waals surface area contributed by atoms with Crippen molar-refractivity contribution in [3.05, 3.63) is 53.9 Å². The first-order chi connectivity index (χ1) is 11.2. The summed E-state index contributed by atoms with van der Waals surface area (Å²) < 4.78 is 23.2. The molecule has 2 aromatic heterocycles. The molecule has 0 aliphatic carbocycles. The van der Waals surface area contributed by atoms with E-state index < -0.39 is 5.97 Å². The van der Waals surface area contributed by atoms with E-state index in [-0.39, 0.29) is 11.5 Å². The molecule has 0 fully saturated rings. The SMILES string of the molecule is COC(=O)c1cnc(SCc2coc(-c3cccc(F)c3)n2)[nH]1. The van der Waals surface area contributed by atoms with E-state index in [2.05, 4.69) is 19.7 Å². The second-order valence-corrected chi connectivity index (χ2v) is 5.50. The maximum Gasteiger partial charge on any atom is 0.356 e. The van der Waals surface area contributed by atoms with Gasteiger partial charge in [0.1, 0.15) is 17.8 Å². The number of hydrogen-bond donors (Lipinski definition) is 1. The number of benzene rings is 1. The molecule has 0 saturated heterocycles. The molecule has 118 valence electrons. The standard InChI is InChI=1S/C15H12FN3O3S/c1-21-14(20)12-6-17-15(19-12)23-8-11-7-22-13(18-11)9-3-2-4-10(16)5-9/h2-7H,8H2,1H3,(H,17,19). The van der Waals surface area contributed by atoms with E-state index in [9.17, 15) is 9.18 Å². The van der Waals surface area contributed by atoms with Crippen LogP contribution in [-0.2, 0) is 10.5 Å². The topological polar surface area (TPSA) is 81.0 Å². The van der Waals surface area contributed by atoms with Crippen LogP contribution in [0.15, 0.2) is 46.3 Å². The maximum absolute atomic E-state index is 13.2. The predicted molar refractivity (Wildman–Crippen MR) is 81.4 cm³/mol. The number of H-pyrrole nitrogens is 1. The minimum Gasteiger partial charge on any atom is -0.464 e. The summed E-state index contributed by atoms with van der Waals surface area (Å²) in [6.45, 7) is 0. The number of nitrogens with zero attached hydrogens (tertiary/aromatic N) is 2. The Labute approximate surface area is 135 Å². The zero-order chi connectivity index (χ0) is 16.2. The van der Waals surface area contributed by atoms with Crippen LogP contribution in [0.25, 0.3) is 11.5 Å². The molecule has 0 amide bonds. The van der Waals surface area contributed by atoms with Gasteiger partial charge in [0, 0.05) is 11.3 Å². The molecule has 0 saturated carbocycles. The zero-order valence-corrected chi connectivity index (χ0v) is 12.9. The summed E-state index contributed by atoms with van der Waals surface area (Å²) in [5.41, 5.74) is 1.55. The van der Waals surface area contributed by atoms with Gasteiger partial charge in [0.05, 0.1) is 19.0 Å². The zero-order valence-electron chi connectivity index (χ0n) is 12.1. The second-order valence-electron chi connectivity index (χ2n) is 4.54. The van der Waals surface area contributed by atoms with E-state index in [1.54, 1.807) is 12.1 Å². The van der Waals surface area contributed by atoms with Crippen LogP contribution in [0.2, 0.25) is 0 Å². The van der Waals surface area contributed by atoms with E-state index in [0.717, 1.165) is 0 Å². The Morgan fingerprint density at radius 2 is 2.35 bits per heavy atom. The van der Waals surface area contributed by atoms with Crippen molar-refractivity contribution in [3.8, 4) is 11.5 Å². The second kappa shape index (κ2) is 6.66. The lowest BCUT2D eigenvalue weighted by atomic mass is 10.2. The van der Waals surface area contributed by atoms with Crippen molar-refractivity contribution in [2.45, 2.75) is 10.9 Å². The number of oxazole rings is 1. The average molecular weight is 333 g/mol. The molecule has 0 spiro atoms. The molecule has 3 aromatic rings. The lowest BCUT2D eigenvalue weighted by molar-refractivity contribution is 0.0594. The van der Waals surface area contributed by atoms with Crippen LogP contribution in [0.3, 0.4) is 0 Å². The summed E-state index contributed by atoms with van der Waals surface area (Å²) in [4.78, 5) is 22.6. The summed E-state index contributed by atoms with van der Waals surface area (Å²) in [5, 5.41) is 0.570. The quantitative estimate of drug-likeness (QED) is 0.570. The number of halogens is 1. The molecule has 0 aliphatic rings. The van der Waals surface area contributed by atoms with Gasteiger partial charge in [-0.3, -0.25) is 0 Å². The summed E-state index contributed by atoms with van der Waals surface area (Å²) in [5.74, 6) is 0.0314. The Kier molecular flexibility index (Phi) is 4.42. The largest absolute Gasteiger partial charge is 0.464 e. The molecule has 0 aliphatic heterocycles. The minimum absolute atomic E-state index is 0.288. The Bertz CT molecular complexity index is 831. The number of thioether (sulfide) groups is 1. The Morgan fingerprint density at radius 1 is 1.48 bits per heavy atom. The van der Waals surface area contributed by atoms with Gasteiger partial charge in [0.25, 0.3) is 0 Å². The normalized spacial score (nSPS) is 10.7. The highest BCUT2D eigenvalue weighted by Crippen LogP contribution is 2.23. The monoisotopic (exact) mass is 333 g/mol. The van der Waals surface area contributed by atoms with Crippen molar-refractivity contribution in [1.82, 2.24) is 15.0 Å². The number of carbonyl (C=O) groups is 1. The first-order valence-corrected chi connectivity index (χ1v) is 7.60. The maximum atomic E-state index is 13.2. The molecular formula is C15H12FN3O3S. The number of ether oxygens (including phenoxy) is 1. The van der Waals surface area contributed by atoms with Crippen LogP contribution in [0.1, 0.15) is 16.2 Å². The molecular weight excluding hydrogens is 321 g/mol. The number of imidazole rings is 1.